The highest BCUT2D eigenvalue weighted by Gasteiger charge is 2.16. The molecule has 0 aliphatic carbocycles. The zero-order valence-corrected chi connectivity index (χ0v) is 19.5. The number of nitrogens with zero attached hydrogens (tertiary/aromatic N) is 3. The van der Waals surface area contributed by atoms with Gasteiger partial charge in [-0.3, -0.25) is 4.79 Å². The molecule has 0 aliphatic rings. The van der Waals surface area contributed by atoms with Gasteiger partial charge in [0.2, 0.25) is 11.0 Å². The number of hydrogen-bond acceptors (Lipinski definition) is 5. The summed E-state index contributed by atoms with van der Waals surface area (Å²) in [5, 5.41) is 3.95. The van der Waals surface area contributed by atoms with Gasteiger partial charge in [0.15, 0.2) is 0 Å². The molecular weight excluding hydrogens is 428 g/mol. The van der Waals surface area contributed by atoms with Crippen molar-refractivity contribution in [1.29, 1.82) is 0 Å². The lowest BCUT2D eigenvalue weighted by atomic mass is 10.1. The molecule has 0 spiro atoms. The number of aromatic nitrogens is 2. The molecule has 1 heterocycles. The van der Waals surface area contributed by atoms with Crippen LogP contribution < -0.4 is 10.2 Å². The van der Waals surface area contributed by atoms with Gasteiger partial charge in [-0.15, -0.1) is 0 Å². The fourth-order valence-corrected chi connectivity index (χ4v) is 4.35. The molecule has 1 atom stereocenters. The van der Waals surface area contributed by atoms with Crippen molar-refractivity contribution in [3.05, 3.63) is 114 Å². The van der Waals surface area contributed by atoms with Gasteiger partial charge in [-0.05, 0) is 23.6 Å². The lowest BCUT2D eigenvalue weighted by Crippen LogP contribution is -2.32. The van der Waals surface area contributed by atoms with E-state index >= 15 is 0 Å². The Hall–Kier alpha value is -3.51. The third-order valence-electron chi connectivity index (χ3n) is 5.44. The van der Waals surface area contributed by atoms with Crippen LogP contribution in [0.2, 0.25) is 0 Å². The van der Waals surface area contributed by atoms with Crippen molar-refractivity contribution in [1.82, 2.24) is 14.7 Å². The second kappa shape index (κ2) is 11.4. The lowest BCUT2D eigenvalue weighted by Gasteiger charge is -2.22. The lowest BCUT2D eigenvalue weighted by molar-refractivity contribution is -0.121. The van der Waals surface area contributed by atoms with E-state index in [9.17, 15) is 4.79 Å². The van der Waals surface area contributed by atoms with Crippen LogP contribution in [0.5, 0.6) is 0 Å². The topological polar surface area (TPSA) is 58.1 Å². The van der Waals surface area contributed by atoms with E-state index in [2.05, 4.69) is 38.9 Å². The Bertz CT molecular complexity index is 1130. The van der Waals surface area contributed by atoms with Gasteiger partial charge in [-0.1, -0.05) is 91.0 Å². The van der Waals surface area contributed by atoms with Gasteiger partial charge in [-0.25, -0.2) is 4.98 Å². The van der Waals surface area contributed by atoms with E-state index in [1.54, 1.807) is 0 Å². The largest absolute Gasteiger partial charge is 0.350 e. The van der Waals surface area contributed by atoms with Gasteiger partial charge >= 0.3 is 0 Å². The van der Waals surface area contributed by atoms with E-state index in [1.807, 2.05) is 73.7 Å². The van der Waals surface area contributed by atoms with Crippen molar-refractivity contribution in [3.63, 3.8) is 0 Å². The second-order valence-electron chi connectivity index (χ2n) is 8.01. The number of anilines is 1. The Morgan fingerprint density at radius 3 is 2.18 bits per heavy atom. The van der Waals surface area contributed by atoms with Gasteiger partial charge in [-0.2, -0.15) is 4.37 Å². The number of nitrogens with one attached hydrogen (secondary N) is 1. The third kappa shape index (κ3) is 6.73. The van der Waals surface area contributed by atoms with Gasteiger partial charge in [0.25, 0.3) is 0 Å². The molecule has 0 aliphatic heterocycles. The van der Waals surface area contributed by atoms with E-state index in [0.29, 0.717) is 25.9 Å². The predicted octanol–water partition coefficient (Wildman–Crippen LogP) is 5.40. The van der Waals surface area contributed by atoms with Crippen LogP contribution in [0.15, 0.2) is 91.0 Å². The number of hydrogen-bond donors (Lipinski definition) is 1. The van der Waals surface area contributed by atoms with Crippen LogP contribution in [0.3, 0.4) is 0 Å². The molecule has 168 valence electrons. The average molecular weight is 457 g/mol. The summed E-state index contributed by atoms with van der Waals surface area (Å²) in [6, 6.07) is 30.5. The maximum absolute atomic E-state index is 12.7. The first-order chi connectivity index (χ1) is 16.2. The molecule has 0 saturated carbocycles. The molecule has 1 N–H and O–H groups in total. The molecule has 4 aromatic rings. The Morgan fingerprint density at radius 1 is 0.909 bits per heavy atom. The van der Waals surface area contributed by atoms with Gasteiger partial charge in [0, 0.05) is 37.5 Å². The molecule has 1 amide bonds. The SMILES string of the molecule is CC(NC(=O)CCN(Cc1ccccc1)c1nc(Cc2ccccc2)ns1)c1ccccc1. The maximum atomic E-state index is 12.7. The Labute approximate surface area is 199 Å². The first kappa shape index (κ1) is 22.7. The molecular formula is C27H28N4OS. The first-order valence-electron chi connectivity index (χ1n) is 11.2. The minimum absolute atomic E-state index is 0.0263. The molecule has 5 nitrogen and oxygen atoms in total. The van der Waals surface area contributed by atoms with Gasteiger partial charge < -0.3 is 10.2 Å². The Kier molecular flexibility index (Phi) is 7.82. The molecule has 0 radical (unpaired) electrons. The summed E-state index contributed by atoms with van der Waals surface area (Å²) in [6.07, 6.45) is 1.09. The predicted molar refractivity (Wildman–Crippen MR) is 134 cm³/mol. The molecule has 4 rings (SSSR count). The van der Waals surface area contributed by atoms with E-state index in [0.717, 1.165) is 16.5 Å². The summed E-state index contributed by atoms with van der Waals surface area (Å²) < 4.78 is 4.58. The summed E-state index contributed by atoms with van der Waals surface area (Å²) in [6.45, 7) is 3.26. The number of carbonyl (C=O) groups is 1. The standard InChI is InChI=1S/C27H28N4OS/c1-21(24-15-9-4-10-16-24)28-26(32)17-18-31(20-23-13-7-3-8-14-23)27-29-25(30-33-27)19-22-11-5-2-6-12-22/h2-16,21H,17-20H2,1H3,(H,28,32). The van der Waals surface area contributed by atoms with Crippen molar-refractivity contribution in [2.45, 2.75) is 32.4 Å². The van der Waals surface area contributed by atoms with Crippen LogP contribution in [0, 0.1) is 0 Å². The quantitative estimate of drug-likeness (QED) is 0.347. The highest BCUT2D eigenvalue weighted by atomic mass is 32.1. The van der Waals surface area contributed by atoms with E-state index in [1.165, 1.54) is 22.7 Å². The Morgan fingerprint density at radius 2 is 1.52 bits per heavy atom. The van der Waals surface area contributed by atoms with Crippen LogP contribution in [-0.2, 0) is 17.8 Å². The van der Waals surface area contributed by atoms with Crippen molar-refractivity contribution >= 4 is 22.6 Å². The smallest absolute Gasteiger partial charge is 0.222 e. The summed E-state index contributed by atoms with van der Waals surface area (Å²) in [5.41, 5.74) is 3.46. The molecule has 6 heteroatoms. The van der Waals surface area contributed by atoms with Gasteiger partial charge in [0.1, 0.15) is 5.82 Å². The average Bonchev–Trinajstić information content (AvgIpc) is 3.32. The van der Waals surface area contributed by atoms with Crippen LogP contribution >= 0.6 is 11.5 Å². The molecule has 0 fully saturated rings. The number of carbonyl (C=O) groups excluding carboxylic acids is 1. The molecule has 0 saturated heterocycles. The van der Waals surface area contributed by atoms with Crippen LogP contribution in [0.1, 0.15) is 41.9 Å². The zero-order valence-electron chi connectivity index (χ0n) is 18.7. The summed E-state index contributed by atoms with van der Waals surface area (Å²) in [4.78, 5) is 19.6. The van der Waals surface area contributed by atoms with Crippen molar-refractivity contribution in [3.8, 4) is 0 Å². The van der Waals surface area contributed by atoms with E-state index in [4.69, 9.17) is 4.98 Å². The highest BCUT2D eigenvalue weighted by Crippen LogP contribution is 2.22. The fraction of sp³-hybridized carbons (Fsp3) is 0.222. The summed E-state index contributed by atoms with van der Waals surface area (Å²) >= 11 is 1.39. The Balaban J connectivity index is 1.42. The second-order valence-corrected chi connectivity index (χ2v) is 8.74. The van der Waals surface area contributed by atoms with Crippen molar-refractivity contribution in [2.75, 3.05) is 11.4 Å². The van der Waals surface area contributed by atoms with E-state index in [-0.39, 0.29) is 11.9 Å². The minimum atomic E-state index is -0.0275. The maximum Gasteiger partial charge on any atom is 0.222 e. The van der Waals surface area contributed by atoms with Crippen molar-refractivity contribution < 1.29 is 4.79 Å². The number of amides is 1. The molecule has 3 aromatic carbocycles. The number of rotatable bonds is 10. The molecule has 1 unspecified atom stereocenters. The minimum Gasteiger partial charge on any atom is -0.350 e. The van der Waals surface area contributed by atoms with E-state index < -0.39 is 0 Å². The van der Waals surface area contributed by atoms with Crippen LogP contribution in [-0.4, -0.2) is 21.8 Å². The summed E-state index contributed by atoms with van der Waals surface area (Å²) in [5.74, 6) is 0.833. The van der Waals surface area contributed by atoms with Crippen LogP contribution in [0.4, 0.5) is 5.13 Å². The fourth-order valence-electron chi connectivity index (χ4n) is 3.64. The summed E-state index contributed by atoms with van der Waals surface area (Å²) in [7, 11) is 0. The van der Waals surface area contributed by atoms with Crippen LogP contribution in [0.25, 0.3) is 0 Å². The molecule has 33 heavy (non-hydrogen) atoms. The highest BCUT2D eigenvalue weighted by molar-refractivity contribution is 7.09. The third-order valence-corrected chi connectivity index (χ3v) is 6.25. The number of benzene rings is 3. The monoisotopic (exact) mass is 456 g/mol. The molecule has 0 bridgehead atoms. The first-order valence-corrected chi connectivity index (χ1v) is 11.9. The van der Waals surface area contributed by atoms with Crippen molar-refractivity contribution in [2.24, 2.45) is 0 Å². The molecule has 1 aromatic heterocycles. The normalized spacial score (nSPS) is 11.7. The zero-order chi connectivity index (χ0) is 22.9. The van der Waals surface area contributed by atoms with Gasteiger partial charge in [0.05, 0.1) is 6.04 Å².